The molecule has 1 aliphatic carbocycles. The van der Waals surface area contributed by atoms with E-state index in [2.05, 4.69) is 5.16 Å². The first-order valence-electron chi connectivity index (χ1n) is 6.57. The summed E-state index contributed by atoms with van der Waals surface area (Å²) in [6, 6.07) is 1.92. The molecule has 19 heavy (non-hydrogen) atoms. The van der Waals surface area contributed by atoms with Crippen molar-refractivity contribution in [2.75, 3.05) is 12.3 Å². The van der Waals surface area contributed by atoms with Crippen molar-refractivity contribution < 1.29 is 14.1 Å². The van der Waals surface area contributed by atoms with Crippen molar-refractivity contribution in [1.29, 1.82) is 0 Å². The summed E-state index contributed by atoms with van der Waals surface area (Å²) < 4.78 is 10.3. The third-order valence-electron chi connectivity index (χ3n) is 3.81. The van der Waals surface area contributed by atoms with Gasteiger partial charge in [0.2, 0.25) is 5.88 Å². The maximum Gasteiger partial charge on any atom is 0.410 e. The van der Waals surface area contributed by atoms with Gasteiger partial charge in [-0.2, -0.15) is 0 Å². The van der Waals surface area contributed by atoms with Gasteiger partial charge in [0.25, 0.3) is 0 Å². The van der Waals surface area contributed by atoms with Crippen molar-refractivity contribution in [2.45, 2.75) is 44.8 Å². The molecule has 3 aliphatic rings. The zero-order valence-electron chi connectivity index (χ0n) is 11.4. The molecule has 3 heterocycles. The smallest absolute Gasteiger partial charge is 0.410 e. The van der Waals surface area contributed by atoms with E-state index in [4.69, 9.17) is 15.0 Å². The lowest BCUT2D eigenvalue weighted by atomic mass is 9.72. The van der Waals surface area contributed by atoms with Gasteiger partial charge in [-0.1, -0.05) is 5.16 Å². The molecule has 3 atom stereocenters. The summed E-state index contributed by atoms with van der Waals surface area (Å²) in [6.45, 7) is 6.36. The van der Waals surface area contributed by atoms with Crippen LogP contribution in [0.15, 0.2) is 10.6 Å². The van der Waals surface area contributed by atoms with E-state index in [1.807, 2.05) is 25.7 Å². The Labute approximate surface area is 111 Å². The summed E-state index contributed by atoms with van der Waals surface area (Å²) in [5, 5.41) is 3.97. The SMILES string of the molecule is CC(C)(C)OC(=O)N1C[C@@H]2C[C@H]1C2c1cc(N)on1. The molecule has 1 amide bonds. The minimum atomic E-state index is -0.460. The lowest BCUT2D eigenvalue weighted by Gasteiger charge is -2.35. The average Bonchev–Trinajstić information content (AvgIpc) is 2.88. The summed E-state index contributed by atoms with van der Waals surface area (Å²) in [4.78, 5) is 13.9. The second-order valence-corrected chi connectivity index (χ2v) is 6.38. The van der Waals surface area contributed by atoms with Gasteiger partial charge >= 0.3 is 6.09 Å². The first-order valence-corrected chi connectivity index (χ1v) is 6.57. The summed E-state index contributed by atoms with van der Waals surface area (Å²) in [5.74, 6) is 1.01. The Kier molecular flexibility index (Phi) is 2.52. The van der Waals surface area contributed by atoms with E-state index in [1.54, 1.807) is 6.07 Å². The molecule has 1 saturated carbocycles. The van der Waals surface area contributed by atoms with Crippen LogP contribution in [0, 0.1) is 5.92 Å². The molecule has 6 nitrogen and oxygen atoms in total. The lowest BCUT2D eigenvalue weighted by Crippen LogP contribution is -2.42. The Bertz CT molecular complexity index is 505. The quantitative estimate of drug-likeness (QED) is 0.839. The third kappa shape index (κ3) is 2.05. The highest BCUT2D eigenvalue weighted by Gasteiger charge is 2.56. The van der Waals surface area contributed by atoms with Gasteiger partial charge in [0, 0.05) is 24.6 Å². The van der Waals surface area contributed by atoms with Gasteiger partial charge in [0.05, 0.1) is 5.69 Å². The number of aromatic nitrogens is 1. The number of ether oxygens (including phenoxy) is 1. The van der Waals surface area contributed by atoms with Crippen LogP contribution in [0.2, 0.25) is 0 Å². The van der Waals surface area contributed by atoms with Crippen LogP contribution in [-0.2, 0) is 4.74 Å². The second-order valence-electron chi connectivity index (χ2n) is 6.38. The highest BCUT2D eigenvalue weighted by atomic mass is 16.6. The fourth-order valence-corrected chi connectivity index (χ4v) is 3.05. The van der Waals surface area contributed by atoms with Crippen molar-refractivity contribution >= 4 is 12.0 Å². The normalized spacial score (nSPS) is 29.2. The van der Waals surface area contributed by atoms with Crippen LogP contribution >= 0.6 is 0 Å². The maximum atomic E-state index is 12.1. The van der Waals surface area contributed by atoms with Crippen molar-refractivity contribution in [2.24, 2.45) is 5.92 Å². The average molecular weight is 265 g/mol. The highest BCUT2D eigenvalue weighted by molar-refractivity contribution is 5.70. The first kappa shape index (κ1) is 12.3. The minimum absolute atomic E-state index is 0.171. The number of nitrogen functional groups attached to an aromatic ring is 1. The van der Waals surface area contributed by atoms with E-state index in [1.165, 1.54) is 0 Å². The number of amides is 1. The van der Waals surface area contributed by atoms with Gasteiger partial charge in [0.1, 0.15) is 5.60 Å². The van der Waals surface area contributed by atoms with E-state index < -0.39 is 5.60 Å². The van der Waals surface area contributed by atoms with Crippen molar-refractivity contribution in [3.05, 3.63) is 11.8 Å². The third-order valence-corrected chi connectivity index (χ3v) is 3.81. The lowest BCUT2D eigenvalue weighted by molar-refractivity contribution is 0.0231. The largest absolute Gasteiger partial charge is 0.444 e. The Hall–Kier alpha value is -1.72. The molecule has 2 aliphatic heterocycles. The number of nitrogens with zero attached hydrogens (tertiary/aromatic N) is 2. The fourth-order valence-electron chi connectivity index (χ4n) is 3.05. The van der Waals surface area contributed by atoms with Crippen LogP contribution in [0.5, 0.6) is 0 Å². The van der Waals surface area contributed by atoms with Gasteiger partial charge in [-0.3, -0.25) is 0 Å². The fraction of sp³-hybridized carbons (Fsp3) is 0.692. The van der Waals surface area contributed by atoms with Crippen molar-refractivity contribution in [3.8, 4) is 0 Å². The number of carbonyl (C=O) groups is 1. The number of nitrogens with two attached hydrogens (primary N) is 1. The molecular weight excluding hydrogens is 246 g/mol. The van der Waals surface area contributed by atoms with Crippen LogP contribution in [0.3, 0.4) is 0 Å². The van der Waals surface area contributed by atoms with Crippen LogP contribution in [0.1, 0.15) is 38.8 Å². The molecule has 2 N–H and O–H groups in total. The monoisotopic (exact) mass is 265 g/mol. The Morgan fingerprint density at radius 2 is 2.32 bits per heavy atom. The summed E-state index contributed by atoms with van der Waals surface area (Å²) in [7, 11) is 0. The summed E-state index contributed by atoms with van der Waals surface area (Å²) >= 11 is 0. The van der Waals surface area contributed by atoms with Crippen LogP contribution in [-0.4, -0.2) is 34.3 Å². The highest BCUT2D eigenvalue weighted by Crippen LogP contribution is 2.52. The minimum Gasteiger partial charge on any atom is -0.444 e. The molecule has 4 rings (SSSR count). The molecule has 0 aromatic carbocycles. The Balaban J connectivity index is 1.71. The summed E-state index contributed by atoms with van der Waals surface area (Å²) in [5.41, 5.74) is 5.94. The molecule has 0 spiro atoms. The van der Waals surface area contributed by atoms with E-state index in [9.17, 15) is 4.79 Å². The summed E-state index contributed by atoms with van der Waals surface area (Å²) in [6.07, 6.45) is 0.774. The van der Waals surface area contributed by atoms with Crippen molar-refractivity contribution in [3.63, 3.8) is 0 Å². The van der Waals surface area contributed by atoms with Crippen LogP contribution < -0.4 is 5.73 Å². The molecule has 2 bridgehead atoms. The van der Waals surface area contributed by atoms with Gasteiger partial charge in [-0.05, 0) is 33.1 Å². The number of fused-ring (bicyclic) bond motifs is 1. The Morgan fingerprint density at radius 1 is 1.58 bits per heavy atom. The number of carbonyl (C=O) groups excluding carboxylic acids is 1. The standard InChI is InChI=1S/C13H19N3O3/c1-13(2,3)18-12(17)16-6-7-4-9(16)11(7)8-5-10(14)19-15-8/h5,7,9,11H,4,6,14H2,1-3H3/t7-,9-,11?/m0/s1. The number of anilines is 1. The maximum absolute atomic E-state index is 12.1. The zero-order valence-corrected chi connectivity index (χ0v) is 11.4. The molecule has 1 unspecified atom stereocenters. The number of hydrogen-bond acceptors (Lipinski definition) is 5. The molecule has 1 aromatic heterocycles. The van der Waals surface area contributed by atoms with Gasteiger partial charge < -0.3 is 19.9 Å². The molecule has 1 aromatic rings. The van der Waals surface area contributed by atoms with E-state index >= 15 is 0 Å². The molecule has 6 heteroatoms. The Morgan fingerprint density at radius 3 is 2.89 bits per heavy atom. The second kappa shape index (κ2) is 3.88. The van der Waals surface area contributed by atoms with E-state index in [-0.39, 0.29) is 18.1 Å². The number of hydrogen-bond donors (Lipinski definition) is 1. The molecule has 2 saturated heterocycles. The van der Waals surface area contributed by atoms with Gasteiger partial charge in [-0.25, -0.2) is 4.79 Å². The molecular formula is C13H19N3O3. The first-order chi connectivity index (χ1) is 8.85. The van der Waals surface area contributed by atoms with Crippen LogP contribution in [0.25, 0.3) is 0 Å². The van der Waals surface area contributed by atoms with Gasteiger partial charge in [-0.15, -0.1) is 0 Å². The van der Waals surface area contributed by atoms with Gasteiger partial charge in [0.15, 0.2) is 0 Å². The van der Waals surface area contributed by atoms with E-state index in [0.29, 0.717) is 11.8 Å². The molecule has 0 radical (unpaired) electrons. The molecule has 104 valence electrons. The zero-order chi connectivity index (χ0) is 13.8. The topological polar surface area (TPSA) is 81.6 Å². The van der Waals surface area contributed by atoms with Crippen molar-refractivity contribution in [1.82, 2.24) is 10.1 Å². The predicted molar refractivity (Wildman–Crippen MR) is 68.5 cm³/mol. The molecule has 3 fully saturated rings. The number of rotatable bonds is 1. The van der Waals surface area contributed by atoms with Crippen LogP contribution in [0.4, 0.5) is 10.7 Å². The van der Waals surface area contributed by atoms with E-state index in [0.717, 1.165) is 18.7 Å². The predicted octanol–water partition coefficient (Wildman–Crippen LogP) is 1.98.